The molecule has 2 amide bonds. The van der Waals surface area contributed by atoms with E-state index in [1.54, 1.807) is 43.3 Å². The van der Waals surface area contributed by atoms with Gasteiger partial charge in [-0.25, -0.2) is 8.42 Å². The van der Waals surface area contributed by atoms with Crippen molar-refractivity contribution in [1.82, 2.24) is 10.2 Å². The van der Waals surface area contributed by atoms with E-state index < -0.39 is 28.5 Å². The zero-order chi connectivity index (χ0) is 29.7. The van der Waals surface area contributed by atoms with Gasteiger partial charge in [-0.15, -0.1) is 0 Å². The normalized spacial score (nSPS) is 15.6. The highest BCUT2D eigenvalue weighted by Gasteiger charge is 2.34. The molecule has 222 valence electrons. The van der Waals surface area contributed by atoms with Gasteiger partial charge in [0, 0.05) is 23.1 Å². The third-order valence-corrected chi connectivity index (χ3v) is 9.88. The summed E-state index contributed by atoms with van der Waals surface area (Å²) in [7, 11) is -4.17. The third-order valence-electron chi connectivity index (χ3n) is 7.56. The first-order valence-corrected chi connectivity index (χ1v) is 16.3. The van der Waals surface area contributed by atoms with Gasteiger partial charge in [-0.2, -0.15) is 0 Å². The van der Waals surface area contributed by atoms with Crippen LogP contribution >= 0.6 is 15.9 Å². The lowest BCUT2D eigenvalue weighted by Crippen LogP contribution is -2.52. The third kappa shape index (κ3) is 6.90. The van der Waals surface area contributed by atoms with E-state index in [1.807, 2.05) is 24.3 Å². The number of nitrogens with zero attached hydrogens (tertiary/aromatic N) is 2. The first-order valence-electron chi connectivity index (χ1n) is 14.0. The molecule has 0 saturated heterocycles. The highest BCUT2D eigenvalue weighted by Crippen LogP contribution is 2.36. The zero-order valence-corrected chi connectivity index (χ0v) is 25.8. The molecule has 2 aliphatic rings. The van der Waals surface area contributed by atoms with Crippen molar-refractivity contribution in [2.24, 2.45) is 0 Å². The van der Waals surface area contributed by atoms with Crippen molar-refractivity contribution in [3.8, 4) is 11.5 Å². The maximum atomic E-state index is 14.1. The number of sulfonamides is 1. The number of nitrogens with one attached hydrogen (secondary N) is 1. The number of halogens is 1. The van der Waals surface area contributed by atoms with Gasteiger partial charge in [0.25, 0.3) is 10.0 Å². The van der Waals surface area contributed by atoms with Crippen molar-refractivity contribution >= 4 is 43.5 Å². The van der Waals surface area contributed by atoms with Crippen LogP contribution in [0.2, 0.25) is 0 Å². The van der Waals surface area contributed by atoms with Crippen LogP contribution in [0.5, 0.6) is 11.5 Å². The standard InChI is InChI=1S/C31H34BrN3O6S/c1-22(31(37)33-25-7-5-6-8-25)34(20-23-11-13-24(32)14-12-23)30(36)21-35(42(38,39)27-9-3-2-4-10-27)26-15-16-28-29(19-26)41-18-17-40-28/h2-4,9-16,19,22,25H,5-8,17-18,20-21H2,1H3,(H,33,37)/t22-/m1/s1. The lowest BCUT2D eigenvalue weighted by atomic mass is 10.1. The zero-order valence-electron chi connectivity index (χ0n) is 23.4. The van der Waals surface area contributed by atoms with Gasteiger partial charge in [0.15, 0.2) is 11.5 Å². The van der Waals surface area contributed by atoms with Crippen LogP contribution in [0, 0.1) is 0 Å². The number of amides is 2. The van der Waals surface area contributed by atoms with Crippen LogP contribution in [0.4, 0.5) is 5.69 Å². The van der Waals surface area contributed by atoms with E-state index in [1.165, 1.54) is 17.0 Å². The number of hydrogen-bond acceptors (Lipinski definition) is 6. The fourth-order valence-electron chi connectivity index (χ4n) is 5.20. The smallest absolute Gasteiger partial charge is 0.264 e. The van der Waals surface area contributed by atoms with Crippen LogP contribution in [0.1, 0.15) is 38.2 Å². The van der Waals surface area contributed by atoms with Crippen LogP contribution in [0.15, 0.2) is 82.2 Å². The Balaban J connectivity index is 1.48. The summed E-state index contributed by atoms with van der Waals surface area (Å²) in [5, 5.41) is 3.08. The summed E-state index contributed by atoms with van der Waals surface area (Å²) in [5.41, 5.74) is 1.06. The van der Waals surface area contributed by atoms with Gasteiger partial charge in [-0.05, 0) is 61.7 Å². The first kappa shape index (κ1) is 29.9. The number of carbonyl (C=O) groups excluding carboxylic acids is 2. The van der Waals surface area contributed by atoms with Gasteiger partial charge in [0.2, 0.25) is 11.8 Å². The number of hydrogen-bond donors (Lipinski definition) is 1. The van der Waals surface area contributed by atoms with Crippen molar-refractivity contribution in [2.75, 3.05) is 24.1 Å². The Kier molecular flexibility index (Phi) is 9.37. The van der Waals surface area contributed by atoms with Gasteiger partial charge in [0.1, 0.15) is 25.8 Å². The second-order valence-corrected chi connectivity index (χ2v) is 13.2. The Morgan fingerprint density at radius 3 is 2.31 bits per heavy atom. The Bertz CT molecular complexity index is 1510. The van der Waals surface area contributed by atoms with Crippen LogP contribution < -0.4 is 19.1 Å². The molecule has 1 N–H and O–H groups in total. The summed E-state index contributed by atoms with van der Waals surface area (Å²) < 4.78 is 41.3. The predicted molar refractivity (Wildman–Crippen MR) is 163 cm³/mol. The largest absolute Gasteiger partial charge is 0.486 e. The summed E-state index contributed by atoms with van der Waals surface area (Å²) >= 11 is 3.43. The molecule has 3 aromatic carbocycles. The molecule has 42 heavy (non-hydrogen) atoms. The van der Waals surface area contributed by atoms with E-state index in [2.05, 4.69) is 21.2 Å². The second kappa shape index (κ2) is 13.2. The lowest BCUT2D eigenvalue weighted by Gasteiger charge is -2.32. The molecule has 11 heteroatoms. The predicted octanol–water partition coefficient (Wildman–Crippen LogP) is 4.89. The summed E-state index contributed by atoms with van der Waals surface area (Å²) in [6.07, 6.45) is 3.93. The highest BCUT2D eigenvalue weighted by molar-refractivity contribution is 9.10. The Morgan fingerprint density at radius 2 is 1.62 bits per heavy atom. The average Bonchev–Trinajstić information content (AvgIpc) is 3.52. The minimum absolute atomic E-state index is 0.0409. The molecule has 1 fully saturated rings. The van der Waals surface area contributed by atoms with Crippen molar-refractivity contribution in [3.63, 3.8) is 0 Å². The van der Waals surface area contributed by atoms with Gasteiger partial charge in [0.05, 0.1) is 10.6 Å². The number of carbonyl (C=O) groups is 2. The van der Waals surface area contributed by atoms with E-state index in [-0.39, 0.29) is 29.1 Å². The van der Waals surface area contributed by atoms with E-state index in [0.717, 1.165) is 40.0 Å². The van der Waals surface area contributed by atoms with Gasteiger partial charge < -0.3 is 19.7 Å². The SMILES string of the molecule is C[C@H](C(=O)NC1CCCC1)N(Cc1ccc(Br)cc1)C(=O)CN(c1ccc2c(c1)OCCO2)S(=O)(=O)c1ccccc1. The lowest BCUT2D eigenvalue weighted by molar-refractivity contribution is -0.139. The fourth-order valence-corrected chi connectivity index (χ4v) is 6.89. The fraction of sp³-hybridized carbons (Fsp3) is 0.355. The monoisotopic (exact) mass is 655 g/mol. The molecule has 0 bridgehead atoms. The van der Waals surface area contributed by atoms with Crippen molar-refractivity contribution < 1.29 is 27.5 Å². The minimum Gasteiger partial charge on any atom is -0.486 e. The molecule has 5 rings (SSSR count). The number of anilines is 1. The highest BCUT2D eigenvalue weighted by atomic mass is 79.9. The molecule has 9 nitrogen and oxygen atoms in total. The number of ether oxygens (including phenoxy) is 2. The van der Waals surface area contributed by atoms with Crippen LogP contribution in [0.3, 0.4) is 0 Å². The summed E-state index contributed by atoms with van der Waals surface area (Å²) in [5.74, 6) is 0.128. The molecule has 1 atom stereocenters. The molecule has 0 radical (unpaired) electrons. The van der Waals surface area contributed by atoms with Crippen molar-refractivity contribution in [2.45, 2.75) is 56.1 Å². The summed E-state index contributed by atoms with van der Waals surface area (Å²) in [4.78, 5) is 29.0. The van der Waals surface area contributed by atoms with Gasteiger partial charge >= 0.3 is 0 Å². The maximum absolute atomic E-state index is 14.1. The van der Waals surface area contributed by atoms with Crippen LogP contribution in [-0.2, 0) is 26.2 Å². The molecule has 1 aliphatic heterocycles. The van der Waals surface area contributed by atoms with E-state index in [0.29, 0.717) is 24.7 Å². The minimum atomic E-state index is -4.17. The van der Waals surface area contributed by atoms with Crippen LogP contribution in [0.25, 0.3) is 0 Å². The van der Waals surface area contributed by atoms with E-state index >= 15 is 0 Å². The van der Waals surface area contributed by atoms with Crippen LogP contribution in [-0.4, -0.2) is 57.0 Å². The van der Waals surface area contributed by atoms with Gasteiger partial charge in [-0.3, -0.25) is 13.9 Å². The molecule has 0 unspecified atom stereocenters. The number of fused-ring (bicyclic) bond motifs is 1. The molecular formula is C31H34BrN3O6S. The molecule has 1 saturated carbocycles. The van der Waals surface area contributed by atoms with Crippen molar-refractivity contribution in [1.29, 1.82) is 0 Å². The van der Waals surface area contributed by atoms with Crippen molar-refractivity contribution in [3.05, 3.63) is 82.8 Å². The summed E-state index contributed by atoms with van der Waals surface area (Å²) in [6, 6.07) is 19.5. The molecule has 3 aromatic rings. The quantitative estimate of drug-likeness (QED) is 0.333. The summed E-state index contributed by atoms with van der Waals surface area (Å²) in [6.45, 7) is 2.01. The van der Waals surface area contributed by atoms with Gasteiger partial charge in [-0.1, -0.05) is 59.1 Å². The topological polar surface area (TPSA) is 105 Å². The first-order chi connectivity index (χ1) is 20.2. The molecule has 1 heterocycles. The number of rotatable bonds is 10. The Morgan fingerprint density at radius 1 is 0.952 bits per heavy atom. The Hall–Kier alpha value is -3.57. The Labute approximate surface area is 255 Å². The molecule has 0 spiro atoms. The van der Waals surface area contributed by atoms with E-state index in [4.69, 9.17) is 9.47 Å². The molecule has 0 aromatic heterocycles. The second-order valence-electron chi connectivity index (χ2n) is 10.5. The molecule has 1 aliphatic carbocycles. The molecular weight excluding hydrogens is 622 g/mol. The average molecular weight is 657 g/mol. The number of benzene rings is 3. The van der Waals surface area contributed by atoms with E-state index in [9.17, 15) is 18.0 Å². The maximum Gasteiger partial charge on any atom is 0.264 e.